The molecule has 0 aromatic heterocycles. The number of aldehydes is 1. The third kappa shape index (κ3) is 5.34. The summed E-state index contributed by atoms with van der Waals surface area (Å²) in [7, 11) is 1.55. The number of nitrogens with zero attached hydrogens (tertiary/aromatic N) is 1. The average molecular weight is 296 g/mol. The molecule has 5 nitrogen and oxygen atoms in total. The molecule has 0 aromatic carbocycles. The Hall–Kier alpha value is -1.62. The van der Waals surface area contributed by atoms with Gasteiger partial charge in [0.15, 0.2) is 0 Å². The van der Waals surface area contributed by atoms with E-state index < -0.39 is 6.23 Å². The van der Waals surface area contributed by atoms with Crippen molar-refractivity contribution in [3.05, 3.63) is 24.4 Å². The predicted octanol–water partition coefficient (Wildman–Crippen LogP) is 3.08. The molecule has 1 N–H and O–H groups in total. The zero-order chi connectivity index (χ0) is 16.4. The summed E-state index contributed by atoms with van der Waals surface area (Å²) < 4.78 is 5.90. The van der Waals surface area contributed by atoms with Crippen LogP contribution in [0.1, 0.15) is 40.5 Å². The Balaban J connectivity index is 0.00000191. The van der Waals surface area contributed by atoms with Crippen LogP contribution in [0.5, 0.6) is 0 Å². The number of hydrogen-bond donors (Lipinski definition) is 1. The number of rotatable bonds is 5. The molecule has 0 bridgehead atoms. The summed E-state index contributed by atoms with van der Waals surface area (Å²) >= 11 is 0. The van der Waals surface area contributed by atoms with Crippen LogP contribution in [0, 0.1) is 5.92 Å². The van der Waals surface area contributed by atoms with Crippen LogP contribution in [0.3, 0.4) is 0 Å². The standard InChI is InChI=1S/C14H22N2O3.C2H6/c1-5-11-9-12(10(2)3)13(19-11)16(7-6-8-17)14(18)15-4;1-2/h6-8,11-13H,2,5,9H2,1,3-4H3,(H,15,18);1-2H3/b7-6-;. The second-order valence-corrected chi connectivity index (χ2v) is 4.69. The molecule has 5 heteroatoms. The minimum Gasteiger partial charge on any atom is -0.354 e. The summed E-state index contributed by atoms with van der Waals surface area (Å²) in [5, 5.41) is 2.55. The van der Waals surface area contributed by atoms with E-state index in [2.05, 4.69) is 11.9 Å². The van der Waals surface area contributed by atoms with Gasteiger partial charge in [0.1, 0.15) is 12.5 Å². The van der Waals surface area contributed by atoms with E-state index in [-0.39, 0.29) is 18.1 Å². The Morgan fingerprint density at radius 2 is 2.10 bits per heavy atom. The number of amides is 2. The molecule has 3 atom stereocenters. The van der Waals surface area contributed by atoms with Crippen molar-refractivity contribution in [1.82, 2.24) is 10.2 Å². The molecule has 1 aliphatic heterocycles. The molecule has 1 aliphatic rings. The lowest BCUT2D eigenvalue weighted by Crippen LogP contribution is -2.44. The molecule has 0 aromatic rings. The molecule has 0 saturated carbocycles. The fourth-order valence-corrected chi connectivity index (χ4v) is 2.24. The normalized spacial score (nSPS) is 24.1. The lowest BCUT2D eigenvalue weighted by atomic mass is 9.95. The van der Waals surface area contributed by atoms with Gasteiger partial charge < -0.3 is 10.1 Å². The zero-order valence-electron chi connectivity index (χ0n) is 13.8. The van der Waals surface area contributed by atoms with Gasteiger partial charge in [-0.25, -0.2) is 4.79 Å². The average Bonchev–Trinajstić information content (AvgIpc) is 2.93. The number of urea groups is 1. The van der Waals surface area contributed by atoms with Gasteiger partial charge in [-0.2, -0.15) is 0 Å². The summed E-state index contributed by atoms with van der Waals surface area (Å²) in [5.41, 5.74) is 0.981. The minimum absolute atomic E-state index is 0.0820. The highest BCUT2D eigenvalue weighted by molar-refractivity contribution is 5.76. The van der Waals surface area contributed by atoms with Crippen LogP contribution >= 0.6 is 0 Å². The van der Waals surface area contributed by atoms with Crippen LogP contribution in [0.15, 0.2) is 24.4 Å². The van der Waals surface area contributed by atoms with Gasteiger partial charge in [-0.3, -0.25) is 9.69 Å². The first-order valence-electron chi connectivity index (χ1n) is 7.48. The summed E-state index contributed by atoms with van der Waals surface area (Å²) in [6.07, 6.45) is 4.82. The predicted molar refractivity (Wildman–Crippen MR) is 84.7 cm³/mol. The van der Waals surface area contributed by atoms with Crippen molar-refractivity contribution < 1.29 is 14.3 Å². The molecule has 1 rings (SSSR count). The van der Waals surface area contributed by atoms with Gasteiger partial charge in [0.05, 0.1) is 6.10 Å². The molecule has 2 amide bonds. The van der Waals surface area contributed by atoms with Crippen LogP contribution in [-0.2, 0) is 9.53 Å². The number of carbonyl (C=O) groups is 2. The van der Waals surface area contributed by atoms with Crippen molar-refractivity contribution in [3.8, 4) is 0 Å². The van der Waals surface area contributed by atoms with Gasteiger partial charge in [0.2, 0.25) is 0 Å². The van der Waals surface area contributed by atoms with Crippen LogP contribution in [0.2, 0.25) is 0 Å². The molecule has 0 radical (unpaired) electrons. The van der Waals surface area contributed by atoms with Gasteiger partial charge in [-0.1, -0.05) is 32.9 Å². The second kappa shape index (κ2) is 10.2. The highest BCUT2D eigenvalue weighted by atomic mass is 16.5. The van der Waals surface area contributed by atoms with E-state index in [0.717, 1.165) is 18.4 Å². The maximum atomic E-state index is 11.9. The van der Waals surface area contributed by atoms with Crippen molar-refractivity contribution in [2.75, 3.05) is 7.05 Å². The van der Waals surface area contributed by atoms with E-state index >= 15 is 0 Å². The molecular formula is C16H28N2O3. The molecule has 21 heavy (non-hydrogen) atoms. The minimum atomic E-state index is -0.404. The van der Waals surface area contributed by atoms with Crippen molar-refractivity contribution in [1.29, 1.82) is 0 Å². The van der Waals surface area contributed by atoms with Crippen LogP contribution in [0.25, 0.3) is 0 Å². The Morgan fingerprint density at radius 3 is 2.52 bits per heavy atom. The van der Waals surface area contributed by atoms with Crippen molar-refractivity contribution in [3.63, 3.8) is 0 Å². The van der Waals surface area contributed by atoms with E-state index in [1.165, 1.54) is 17.2 Å². The molecule has 0 aliphatic carbocycles. The molecule has 3 unspecified atom stereocenters. The Labute approximate surface area is 128 Å². The molecular weight excluding hydrogens is 268 g/mol. The fourth-order valence-electron chi connectivity index (χ4n) is 2.24. The fraction of sp³-hybridized carbons (Fsp3) is 0.625. The SMILES string of the molecule is C=C(C)C1CC(CC)OC1N(/C=C\C=O)C(=O)NC.CC. The van der Waals surface area contributed by atoms with Gasteiger partial charge in [0.25, 0.3) is 0 Å². The maximum Gasteiger partial charge on any atom is 0.323 e. The van der Waals surface area contributed by atoms with Crippen LogP contribution in [0.4, 0.5) is 4.79 Å². The summed E-state index contributed by atoms with van der Waals surface area (Å²) in [6, 6.07) is -0.300. The van der Waals surface area contributed by atoms with E-state index in [4.69, 9.17) is 4.74 Å². The summed E-state index contributed by atoms with van der Waals surface area (Å²) in [4.78, 5) is 23.8. The third-order valence-electron chi connectivity index (χ3n) is 3.33. The second-order valence-electron chi connectivity index (χ2n) is 4.69. The highest BCUT2D eigenvalue weighted by Gasteiger charge is 2.39. The Kier molecular flexibility index (Phi) is 9.37. The Morgan fingerprint density at radius 1 is 1.48 bits per heavy atom. The lowest BCUT2D eigenvalue weighted by molar-refractivity contribution is -0.104. The third-order valence-corrected chi connectivity index (χ3v) is 3.33. The smallest absolute Gasteiger partial charge is 0.323 e. The van der Waals surface area contributed by atoms with Crippen molar-refractivity contribution in [2.24, 2.45) is 5.92 Å². The van der Waals surface area contributed by atoms with Gasteiger partial charge >= 0.3 is 6.03 Å². The first-order valence-corrected chi connectivity index (χ1v) is 7.48. The number of allylic oxidation sites excluding steroid dienone is 1. The summed E-state index contributed by atoms with van der Waals surface area (Å²) in [6.45, 7) is 12.0. The quantitative estimate of drug-likeness (QED) is 0.482. The zero-order valence-corrected chi connectivity index (χ0v) is 13.8. The number of hydrogen-bond acceptors (Lipinski definition) is 3. The molecule has 1 fully saturated rings. The van der Waals surface area contributed by atoms with E-state index in [1.807, 2.05) is 27.7 Å². The lowest BCUT2D eigenvalue weighted by Gasteiger charge is -2.29. The van der Waals surface area contributed by atoms with Gasteiger partial charge in [-0.05, 0) is 25.8 Å². The Bertz CT molecular complexity index is 380. The van der Waals surface area contributed by atoms with E-state index in [0.29, 0.717) is 6.29 Å². The first kappa shape index (κ1) is 19.4. The number of ether oxygens (including phenoxy) is 1. The van der Waals surface area contributed by atoms with E-state index in [1.54, 1.807) is 7.05 Å². The highest BCUT2D eigenvalue weighted by Crippen LogP contribution is 2.34. The summed E-state index contributed by atoms with van der Waals surface area (Å²) in [5.74, 6) is 0.0820. The van der Waals surface area contributed by atoms with Crippen LogP contribution in [-0.4, -0.2) is 36.6 Å². The van der Waals surface area contributed by atoms with Crippen LogP contribution < -0.4 is 5.32 Å². The van der Waals surface area contributed by atoms with Gasteiger partial charge in [0, 0.05) is 19.2 Å². The molecule has 0 spiro atoms. The topological polar surface area (TPSA) is 58.6 Å². The monoisotopic (exact) mass is 296 g/mol. The molecule has 1 heterocycles. The van der Waals surface area contributed by atoms with Crippen molar-refractivity contribution >= 4 is 12.3 Å². The first-order chi connectivity index (χ1) is 10.0. The van der Waals surface area contributed by atoms with Crippen molar-refractivity contribution in [2.45, 2.75) is 52.9 Å². The van der Waals surface area contributed by atoms with Gasteiger partial charge in [-0.15, -0.1) is 0 Å². The molecule has 1 saturated heterocycles. The van der Waals surface area contributed by atoms with E-state index in [9.17, 15) is 9.59 Å². The molecule has 120 valence electrons. The number of carbonyl (C=O) groups excluding carboxylic acids is 2. The largest absolute Gasteiger partial charge is 0.354 e. The number of nitrogens with one attached hydrogen (secondary N) is 1. The maximum absolute atomic E-state index is 11.9.